The summed E-state index contributed by atoms with van der Waals surface area (Å²) < 4.78 is 30.5. The van der Waals surface area contributed by atoms with E-state index in [9.17, 15) is 18.7 Å². The van der Waals surface area contributed by atoms with Gasteiger partial charge in [-0.15, -0.1) is 0 Å². The van der Waals surface area contributed by atoms with E-state index in [-0.39, 0.29) is 5.39 Å². The van der Waals surface area contributed by atoms with Crippen molar-refractivity contribution >= 4 is 11.0 Å². The first kappa shape index (κ1) is 10.1. The molecule has 0 aliphatic carbocycles. The summed E-state index contributed by atoms with van der Waals surface area (Å²) in [5, 5.41) is 17.7. The highest BCUT2D eigenvalue weighted by molar-refractivity contribution is 5.85. The number of rotatable bonds is 0. The first-order valence-corrected chi connectivity index (χ1v) is 4.09. The second-order valence-electron chi connectivity index (χ2n) is 2.99. The number of nitriles is 1. The van der Waals surface area contributed by atoms with Crippen LogP contribution in [0.15, 0.2) is 21.3 Å². The highest BCUT2D eigenvalue weighted by atomic mass is 19.1. The number of hydrogen-bond acceptors (Lipinski definition) is 4. The fourth-order valence-electron chi connectivity index (χ4n) is 1.31. The van der Waals surface area contributed by atoms with Gasteiger partial charge in [0.05, 0.1) is 5.39 Å². The highest BCUT2D eigenvalue weighted by Gasteiger charge is 2.17. The average molecular weight is 223 g/mol. The molecule has 0 atom stereocenters. The molecule has 1 aromatic heterocycles. The van der Waals surface area contributed by atoms with Crippen LogP contribution in [0, 0.1) is 23.0 Å². The monoisotopic (exact) mass is 223 g/mol. The van der Waals surface area contributed by atoms with Gasteiger partial charge in [-0.2, -0.15) is 5.26 Å². The first-order valence-electron chi connectivity index (χ1n) is 4.09. The molecule has 0 unspecified atom stereocenters. The summed E-state index contributed by atoms with van der Waals surface area (Å²) in [6.45, 7) is 0. The Balaban J connectivity index is 3.06. The molecule has 0 radical (unpaired) electrons. The zero-order valence-electron chi connectivity index (χ0n) is 7.62. The van der Waals surface area contributed by atoms with Crippen molar-refractivity contribution in [3.63, 3.8) is 0 Å². The Labute approximate surface area is 87.0 Å². The summed E-state index contributed by atoms with van der Waals surface area (Å²) in [7, 11) is 0. The fraction of sp³-hybridized carbons (Fsp3) is 0. The number of aromatic hydroxyl groups is 1. The van der Waals surface area contributed by atoms with Crippen LogP contribution >= 0.6 is 0 Å². The third-order valence-electron chi connectivity index (χ3n) is 2.01. The number of halogens is 2. The van der Waals surface area contributed by atoms with Gasteiger partial charge in [0, 0.05) is 6.07 Å². The molecule has 0 bridgehead atoms. The van der Waals surface area contributed by atoms with Crippen molar-refractivity contribution in [3.05, 3.63) is 39.8 Å². The van der Waals surface area contributed by atoms with E-state index < -0.39 is 34.2 Å². The van der Waals surface area contributed by atoms with E-state index >= 15 is 0 Å². The molecular weight excluding hydrogens is 220 g/mol. The van der Waals surface area contributed by atoms with Crippen LogP contribution in [0.3, 0.4) is 0 Å². The Bertz CT molecular complexity index is 685. The van der Waals surface area contributed by atoms with Gasteiger partial charge in [-0.05, 0) is 6.07 Å². The van der Waals surface area contributed by atoms with Gasteiger partial charge in [0.2, 0.25) is 0 Å². The predicted octanol–water partition coefficient (Wildman–Crippen LogP) is 1.65. The first-order chi connectivity index (χ1) is 7.54. The van der Waals surface area contributed by atoms with Gasteiger partial charge < -0.3 is 9.52 Å². The Morgan fingerprint density at radius 3 is 2.69 bits per heavy atom. The van der Waals surface area contributed by atoms with E-state index in [1.54, 1.807) is 0 Å². The van der Waals surface area contributed by atoms with E-state index in [2.05, 4.69) is 4.42 Å². The quantitative estimate of drug-likeness (QED) is 0.689. The largest absolute Gasteiger partial charge is 0.505 e. The molecule has 0 aliphatic heterocycles. The summed E-state index contributed by atoms with van der Waals surface area (Å²) in [4.78, 5) is 11.1. The molecule has 6 heteroatoms. The van der Waals surface area contributed by atoms with Gasteiger partial charge in [-0.1, -0.05) is 0 Å². The Kier molecular flexibility index (Phi) is 2.09. The van der Waals surface area contributed by atoms with Crippen molar-refractivity contribution in [3.8, 4) is 11.8 Å². The van der Waals surface area contributed by atoms with Crippen molar-refractivity contribution in [1.29, 1.82) is 5.26 Å². The molecular formula is C10H3F2NO3. The zero-order chi connectivity index (χ0) is 11.9. The third-order valence-corrected chi connectivity index (χ3v) is 2.01. The molecule has 80 valence electrons. The van der Waals surface area contributed by atoms with Crippen LogP contribution in [-0.2, 0) is 0 Å². The lowest BCUT2D eigenvalue weighted by Crippen LogP contribution is -2.05. The molecule has 0 saturated heterocycles. The smallest absolute Gasteiger partial charge is 0.358 e. The number of nitrogens with zero attached hydrogens (tertiary/aromatic N) is 1. The van der Waals surface area contributed by atoms with Crippen LogP contribution < -0.4 is 5.63 Å². The predicted molar refractivity (Wildman–Crippen MR) is 48.8 cm³/mol. The van der Waals surface area contributed by atoms with Crippen molar-refractivity contribution in [1.82, 2.24) is 0 Å². The average Bonchev–Trinajstić information content (AvgIpc) is 2.21. The van der Waals surface area contributed by atoms with Crippen LogP contribution in [-0.4, -0.2) is 5.11 Å². The van der Waals surface area contributed by atoms with E-state index in [0.717, 1.165) is 6.07 Å². The second kappa shape index (κ2) is 3.31. The Morgan fingerprint density at radius 1 is 1.38 bits per heavy atom. The normalized spacial score (nSPS) is 10.3. The molecule has 2 aromatic rings. The van der Waals surface area contributed by atoms with Gasteiger partial charge in [0.15, 0.2) is 22.7 Å². The van der Waals surface area contributed by atoms with E-state index in [1.165, 1.54) is 6.07 Å². The number of hydrogen-bond donors (Lipinski definition) is 1. The van der Waals surface area contributed by atoms with Crippen molar-refractivity contribution in [2.24, 2.45) is 0 Å². The van der Waals surface area contributed by atoms with E-state index in [4.69, 9.17) is 5.26 Å². The van der Waals surface area contributed by atoms with Crippen LogP contribution in [0.1, 0.15) is 5.56 Å². The molecule has 0 spiro atoms. The minimum atomic E-state index is -1.17. The molecule has 16 heavy (non-hydrogen) atoms. The minimum Gasteiger partial charge on any atom is -0.505 e. The maximum absolute atomic E-state index is 13.2. The molecule has 0 amide bonds. The fourth-order valence-corrected chi connectivity index (χ4v) is 1.31. The number of fused-ring (bicyclic) bond motifs is 1. The molecule has 1 N–H and O–H groups in total. The lowest BCUT2D eigenvalue weighted by Gasteiger charge is -2.02. The van der Waals surface area contributed by atoms with Crippen LogP contribution in [0.5, 0.6) is 5.75 Å². The van der Waals surface area contributed by atoms with E-state index in [0.29, 0.717) is 6.07 Å². The minimum absolute atomic E-state index is 0.353. The van der Waals surface area contributed by atoms with Crippen LogP contribution in [0.25, 0.3) is 11.0 Å². The summed E-state index contributed by atoms with van der Waals surface area (Å²) in [6.07, 6.45) is 0. The van der Waals surface area contributed by atoms with Gasteiger partial charge in [0.25, 0.3) is 0 Å². The van der Waals surface area contributed by atoms with Gasteiger partial charge in [-0.25, -0.2) is 13.6 Å². The summed E-state index contributed by atoms with van der Waals surface area (Å²) in [5.74, 6) is -2.85. The van der Waals surface area contributed by atoms with Gasteiger partial charge in [0.1, 0.15) is 11.9 Å². The third kappa shape index (κ3) is 1.30. The van der Waals surface area contributed by atoms with Crippen LogP contribution in [0.2, 0.25) is 0 Å². The standard InChI is InChI=1S/C10H3F2NO3/c11-4-1-5-8(14)6(3-13)10(15)16-9(5)7(12)2-4/h1-2,14H. The van der Waals surface area contributed by atoms with Crippen LogP contribution in [0.4, 0.5) is 8.78 Å². The SMILES string of the molecule is N#Cc1c(O)c2cc(F)cc(F)c2oc1=O. The summed E-state index contributed by atoms with van der Waals surface area (Å²) in [6, 6.07) is 2.68. The van der Waals surface area contributed by atoms with Gasteiger partial charge >= 0.3 is 5.63 Å². The zero-order valence-corrected chi connectivity index (χ0v) is 7.62. The summed E-state index contributed by atoms with van der Waals surface area (Å²) in [5.41, 5.74) is -2.43. The maximum Gasteiger partial charge on any atom is 0.358 e. The maximum atomic E-state index is 13.2. The van der Waals surface area contributed by atoms with Crippen molar-refractivity contribution in [2.45, 2.75) is 0 Å². The Morgan fingerprint density at radius 2 is 2.06 bits per heavy atom. The molecule has 0 aliphatic rings. The second-order valence-corrected chi connectivity index (χ2v) is 2.99. The van der Waals surface area contributed by atoms with Gasteiger partial charge in [-0.3, -0.25) is 0 Å². The molecule has 0 fully saturated rings. The van der Waals surface area contributed by atoms with Crippen molar-refractivity contribution in [2.75, 3.05) is 0 Å². The molecule has 0 saturated carbocycles. The van der Waals surface area contributed by atoms with E-state index in [1.807, 2.05) is 0 Å². The molecule has 1 aromatic carbocycles. The summed E-state index contributed by atoms with van der Waals surface area (Å²) >= 11 is 0. The molecule has 4 nitrogen and oxygen atoms in total. The lowest BCUT2D eigenvalue weighted by molar-refractivity contribution is 0.458. The molecule has 1 heterocycles. The molecule has 2 rings (SSSR count). The highest BCUT2D eigenvalue weighted by Crippen LogP contribution is 2.28. The lowest BCUT2D eigenvalue weighted by atomic mass is 10.1. The topological polar surface area (TPSA) is 74.2 Å². The van der Waals surface area contributed by atoms with Crippen molar-refractivity contribution < 1.29 is 18.3 Å². The number of benzene rings is 1. The Hall–Kier alpha value is -2.42.